The average molecular weight is 403 g/mol. The van der Waals surface area contributed by atoms with Gasteiger partial charge in [-0.05, 0) is 25.7 Å². The van der Waals surface area contributed by atoms with E-state index in [0.29, 0.717) is 12.8 Å². The summed E-state index contributed by atoms with van der Waals surface area (Å²) >= 11 is 0. The zero-order valence-electron chi connectivity index (χ0n) is 16.8. The van der Waals surface area contributed by atoms with Gasteiger partial charge >= 0.3 is 51.4 Å². The van der Waals surface area contributed by atoms with Crippen LogP contribution in [0.5, 0.6) is 0 Å². The summed E-state index contributed by atoms with van der Waals surface area (Å²) in [5.74, 6) is 0. The van der Waals surface area contributed by atoms with Gasteiger partial charge in [0.15, 0.2) is 0 Å². The van der Waals surface area contributed by atoms with E-state index in [1.807, 2.05) is 6.92 Å². The third-order valence-electron chi connectivity index (χ3n) is 4.70. The monoisotopic (exact) mass is 402 g/mol. The Kier molecular flexibility index (Phi) is 21.7. The number of aliphatic hydroxyl groups excluding tert-OH is 1. The minimum absolute atomic E-state index is 0. The zero-order chi connectivity index (χ0) is 18.3. The maximum Gasteiger partial charge on any atom is 1.00 e. The van der Waals surface area contributed by atoms with Gasteiger partial charge in [-0.1, -0.05) is 84.5 Å². The van der Waals surface area contributed by atoms with Crippen LogP contribution in [0.3, 0.4) is 0 Å². The summed E-state index contributed by atoms with van der Waals surface area (Å²) in [5.41, 5.74) is 0. The van der Waals surface area contributed by atoms with Gasteiger partial charge in [-0.3, -0.25) is 0 Å². The molecule has 0 saturated heterocycles. The molecular weight excluding hydrogens is 363 g/mol. The van der Waals surface area contributed by atoms with Gasteiger partial charge < -0.3 is 9.66 Å². The minimum atomic E-state index is -4.12. The second-order valence-corrected chi connectivity index (χ2v) is 8.76. The molecule has 25 heavy (non-hydrogen) atoms. The molecule has 0 aromatic rings. The van der Waals surface area contributed by atoms with Crippen LogP contribution in [0.4, 0.5) is 0 Å². The van der Waals surface area contributed by atoms with Crippen molar-refractivity contribution in [3.8, 4) is 0 Å². The summed E-state index contributed by atoms with van der Waals surface area (Å²) in [6.07, 6.45) is 14.9. The fourth-order valence-corrected chi connectivity index (χ4v) is 4.20. The van der Waals surface area contributed by atoms with Crippen molar-refractivity contribution in [3.05, 3.63) is 0 Å². The predicted molar refractivity (Wildman–Crippen MR) is 100 cm³/mol. The van der Waals surface area contributed by atoms with E-state index in [4.69, 9.17) is 0 Å². The quantitative estimate of drug-likeness (QED) is 0.230. The van der Waals surface area contributed by atoms with Crippen LogP contribution in [0, 0.1) is 0 Å². The summed E-state index contributed by atoms with van der Waals surface area (Å²) in [6, 6.07) is 0. The van der Waals surface area contributed by atoms with Crippen molar-refractivity contribution in [2.45, 2.75) is 122 Å². The van der Waals surface area contributed by atoms with Crippen molar-refractivity contribution in [2.75, 3.05) is 0 Å². The Morgan fingerprint density at radius 3 is 1.52 bits per heavy atom. The van der Waals surface area contributed by atoms with Crippen molar-refractivity contribution < 1.29 is 69.5 Å². The number of aliphatic hydroxyl groups is 1. The van der Waals surface area contributed by atoms with Crippen molar-refractivity contribution in [3.63, 3.8) is 0 Å². The molecule has 0 saturated carbocycles. The second-order valence-electron chi connectivity index (χ2n) is 7.11. The number of hydrogen-bond acceptors (Lipinski definition) is 4. The Hall–Kier alpha value is 1.51. The molecule has 2 unspecified atom stereocenters. The van der Waals surface area contributed by atoms with Gasteiger partial charge in [0.2, 0.25) is 0 Å². The van der Waals surface area contributed by atoms with E-state index in [9.17, 15) is 18.1 Å². The Morgan fingerprint density at radius 2 is 1.12 bits per heavy atom. The third-order valence-corrected chi connectivity index (χ3v) is 5.99. The van der Waals surface area contributed by atoms with Crippen molar-refractivity contribution >= 4 is 10.1 Å². The van der Waals surface area contributed by atoms with E-state index in [-0.39, 0.29) is 57.5 Å². The van der Waals surface area contributed by atoms with Crippen LogP contribution in [0.15, 0.2) is 0 Å². The van der Waals surface area contributed by atoms with Crippen LogP contribution in [-0.4, -0.2) is 29.4 Å². The molecule has 1 N–H and O–H groups in total. The Morgan fingerprint density at radius 1 is 0.720 bits per heavy atom. The van der Waals surface area contributed by atoms with Crippen LogP contribution in [0.25, 0.3) is 0 Å². The Balaban J connectivity index is 0. The van der Waals surface area contributed by atoms with Crippen LogP contribution in [-0.2, 0) is 10.1 Å². The van der Waals surface area contributed by atoms with Crippen LogP contribution < -0.4 is 51.4 Å². The summed E-state index contributed by atoms with van der Waals surface area (Å²) < 4.78 is 33.4. The molecule has 0 radical (unpaired) electrons. The summed E-state index contributed by atoms with van der Waals surface area (Å²) in [7, 11) is -4.12. The molecule has 0 aromatic heterocycles. The van der Waals surface area contributed by atoms with Crippen molar-refractivity contribution in [2.24, 2.45) is 0 Å². The Labute approximate surface area is 199 Å². The molecule has 6 heteroatoms. The molecule has 0 aliphatic rings. The molecule has 0 aliphatic heterocycles. The molecule has 0 fully saturated rings. The molecule has 0 aliphatic carbocycles. The first-order valence-corrected chi connectivity index (χ1v) is 11.5. The van der Waals surface area contributed by atoms with E-state index in [1.165, 1.54) is 32.1 Å². The van der Waals surface area contributed by atoms with E-state index in [2.05, 4.69) is 6.92 Å². The SMILES string of the molecule is CCCC(O)CCCCCCCCCCCC(CCC)S(=O)(=O)[O-].[K+]. The predicted octanol–water partition coefficient (Wildman–Crippen LogP) is 2.16. The zero-order valence-corrected chi connectivity index (χ0v) is 20.8. The molecule has 4 nitrogen and oxygen atoms in total. The third kappa shape index (κ3) is 18.6. The normalized spacial score (nSPS) is 14.1. The molecule has 0 amide bonds. The fraction of sp³-hybridized carbons (Fsp3) is 1.00. The second kappa shape index (κ2) is 18.9. The minimum Gasteiger partial charge on any atom is -0.748 e. The summed E-state index contributed by atoms with van der Waals surface area (Å²) in [4.78, 5) is 0. The van der Waals surface area contributed by atoms with Crippen LogP contribution in [0.2, 0.25) is 0 Å². The van der Waals surface area contributed by atoms with Gasteiger partial charge in [0.05, 0.1) is 16.2 Å². The molecule has 146 valence electrons. The van der Waals surface area contributed by atoms with E-state index in [1.54, 1.807) is 0 Å². The van der Waals surface area contributed by atoms with Crippen LogP contribution in [0.1, 0.15) is 110 Å². The molecule has 2 atom stereocenters. The number of unbranched alkanes of at least 4 members (excludes halogenated alkanes) is 8. The Bertz CT molecular complexity index is 374. The molecule has 0 aromatic carbocycles. The maximum absolute atomic E-state index is 11.1. The first-order chi connectivity index (χ1) is 11.4. The van der Waals surface area contributed by atoms with Gasteiger partial charge in [-0.25, -0.2) is 8.42 Å². The smallest absolute Gasteiger partial charge is 0.748 e. The van der Waals surface area contributed by atoms with Gasteiger partial charge in [-0.15, -0.1) is 0 Å². The largest absolute Gasteiger partial charge is 1.00 e. The van der Waals surface area contributed by atoms with Gasteiger partial charge in [0, 0.05) is 5.25 Å². The number of rotatable bonds is 17. The molecule has 0 bridgehead atoms. The first-order valence-electron chi connectivity index (χ1n) is 10.0. The summed E-state index contributed by atoms with van der Waals surface area (Å²) in [6.45, 7) is 4.02. The van der Waals surface area contributed by atoms with Crippen LogP contribution >= 0.6 is 0 Å². The number of hydrogen-bond donors (Lipinski definition) is 1. The maximum atomic E-state index is 11.1. The van der Waals surface area contributed by atoms with Gasteiger partial charge in [0.1, 0.15) is 0 Å². The van der Waals surface area contributed by atoms with Gasteiger partial charge in [0.25, 0.3) is 0 Å². The standard InChI is InChI=1S/C19H40O4S.K/c1-3-14-18(20)16-12-10-8-6-5-7-9-11-13-17-19(15-4-2)24(21,22)23;/h18-20H,3-17H2,1-2H3,(H,21,22,23);/q;+1/p-1. The molecule has 0 heterocycles. The van der Waals surface area contributed by atoms with Crippen molar-refractivity contribution in [1.29, 1.82) is 0 Å². The first kappa shape index (κ1) is 28.7. The van der Waals surface area contributed by atoms with E-state index in [0.717, 1.165) is 51.4 Å². The molecule has 0 rings (SSSR count). The molecular formula is C19H39KO4S. The summed E-state index contributed by atoms with van der Waals surface area (Å²) in [5, 5.41) is 8.96. The fourth-order valence-electron chi connectivity index (χ4n) is 3.22. The van der Waals surface area contributed by atoms with E-state index < -0.39 is 15.4 Å². The topological polar surface area (TPSA) is 77.4 Å². The van der Waals surface area contributed by atoms with Crippen molar-refractivity contribution in [1.82, 2.24) is 0 Å². The molecule has 0 spiro atoms. The van der Waals surface area contributed by atoms with E-state index >= 15 is 0 Å². The average Bonchev–Trinajstić information content (AvgIpc) is 2.50. The van der Waals surface area contributed by atoms with Gasteiger partial charge in [-0.2, -0.15) is 0 Å².